The van der Waals surface area contributed by atoms with Crippen molar-refractivity contribution in [2.45, 2.75) is 37.3 Å². The fourth-order valence-corrected chi connectivity index (χ4v) is 4.95. The zero-order valence-electron chi connectivity index (χ0n) is 18.3. The van der Waals surface area contributed by atoms with E-state index < -0.39 is 57.3 Å². The third-order valence-corrected chi connectivity index (χ3v) is 6.96. The molecule has 0 bridgehead atoms. The Morgan fingerprint density at radius 3 is 2.30 bits per heavy atom. The van der Waals surface area contributed by atoms with Crippen LogP contribution in [0.2, 0.25) is 0 Å². The Morgan fingerprint density at radius 1 is 1.15 bits per heavy atom. The fraction of sp³-hybridized carbons (Fsp3) is 0.333. The van der Waals surface area contributed by atoms with Crippen LogP contribution in [-0.4, -0.2) is 60.0 Å². The van der Waals surface area contributed by atoms with Gasteiger partial charge in [0.15, 0.2) is 0 Å². The molecule has 3 rings (SSSR count). The van der Waals surface area contributed by atoms with Crippen molar-refractivity contribution in [3.63, 3.8) is 0 Å². The third-order valence-electron chi connectivity index (χ3n) is 5.17. The van der Waals surface area contributed by atoms with Crippen molar-refractivity contribution in [2.75, 3.05) is 17.4 Å². The number of nitrogens with one attached hydrogen (secondary N) is 1. The highest BCUT2D eigenvalue weighted by molar-refractivity contribution is 7.92. The van der Waals surface area contributed by atoms with Gasteiger partial charge in [-0.15, -0.1) is 0 Å². The molecule has 2 N–H and O–H groups in total. The highest BCUT2D eigenvalue weighted by Crippen LogP contribution is 2.32. The third kappa shape index (κ3) is 4.81. The lowest BCUT2D eigenvalue weighted by Crippen LogP contribution is -2.45. The summed E-state index contributed by atoms with van der Waals surface area (Å²) in [5.74, 6) is -0.579. The Labute approximate surface area is 190 Å². The van der Waals surface area contributed by atoms with Crippen LogP contribution in [0.15, 0.2) is 53.4 Å². The first-order valence-electron chi connectivity index (χ1n) is 9.99. The Balaban J connectivity index is 2.00. The van der Waals surface area contributed by atoms with Crippen molar-refractivity contribution in [3.8, 4) is 0 Å². The molecule has 0 radical (unpaired) electrons. The van der Waals surface area contributed by atoms with Gasteiger partial charge in [-0.3, -0.25) is 24.1 Å². The molecule has 33 heavy (non-hydrogen) atoms. The average molecular weight is 477 g/mol. The number of aliphatic hydroxyl groups is 1. The molecule has 2 aromatic carbocycles. The second-order valence-electron chi connectivity index (χ2n) is 8.22. The molecule has 176 valence electrons. The lowest BCUT2D eigenvalue weighted by atomic mass is 10.1. The minimum absolute atomic E-state index is 0.130. The van der Waals surface area contributed by atoms with Crippen molar-refractivity contribution < 1.29 is 28.0 Å². The number of nitro benzene ring substituents is 1. The number of nitro groups is 1. The molecule has 12 heteroatoms. The van der Waals surface area contributed by atoms with Crippen LogP contribution in [0, 0.1) is 17.0 Å². The molecular weight excluding hydrogens is 452 g/mol. The number of carbonyl (C=O) groups is 2. The minimum Gasteiger partial charge on any atom is -0.389 e. The van der Waals surface area contributed by atoms with E-state index in [2.05, 4.69) is 5.32 Å². The zero-order valence-corrected chi connectivity index (χ0v) is 19.1. The summed E-state index contributed by atoms with van der Waals surface area (Å²) in [5, 5.41) is 24.7. The van der Waals surface area contributed by atoms with Crippen LogP contribution in [0.1, 0.15) is 19.4 Å². The van der Waals surface area contributed by atoms with Crippen LogP contribution in [0.25, 0.3) is 0 Å². The molecule has 1 fully saturated rings. The molecule has 1 heterocycles. The van der Waals surface area contributed by atoms with Gasteiger partial charge in [0.1, 0.15) is 11.2 Å². The highest BCUT2D eigenvalue weighted by Gasteiger charge is 2.45. The van der Waals surface area contributed by atoms with Gasteiger partial charge in [-0.1, -0.05) is 29.8 Å². The maximum atomic E-state index is 13.5. The van der Waals surface area contributed by atoms with Gasteiger partial charge in [-0.25, -0.2) is 13.2 Å². The van der Waals surface area contributed by atoms with E-state index >= 15 is 0 Å². The van der Waals surface area contributed by atoms with Crippen LogP contribution in [0.3, 0.4) is 0 Å². The molecule has 0 saturated carbocycles. The Morgan fingerprint density at radius 2 is 1.76 bits per heavy atom. The Hall–Kier alpha value is -3.51. The molecule has 11 nitrogen and oxygen atoms in total. The first kappa shape index (κ1) is 24.1. The van der Waals surface area contributed by atoms with Crippen molar-refractivity contribution >= 4 is 33.3 Å². The van der Waals surface area contributed by atoms with Crippen molar-refractivity contribution in [3.05, 3.63) is 64.2 Å². The number of nitrogens with zero attached hydrogens (tertiary/aromatic N) is 3. The summed E-state index contributed by atoms with van der Waals surface area (Å²) < 4.78 is 27.6. The number of para-hydroxylation sites is 2. The molecule has 1 atom stereocenters. The largest absolute Gasteiger partial charge is 0.389 e. The van der Waals surface area contributed by atoms with Crippen molar-refractivity contribution in [1.82, 2.24) is 10.2 Å². The van der Waals surface area contributed by atoms with Gasteiger partial charge in [-0.05, 0) is 39.0 Å². The standard InChI is InChI=1S/C21H24N4O7S/c1-14-8-10-16(11-9-14)33(31,32)24(17-6-4-5-7-18(17)25(29)30)13-15(26)12-23-19(27)21(2,3)22-20(23)28/h4-11,15,26H,12-13H2,1-3H3,(H,22,28)/t15-/m1/s1. The number of amides is 3. The van der Waals surface area contributed by atoms with Crippen LogP contribution in [0.5, 0.6) is 0 Å². The van der Waals surface area contributed by atoms with E-state index in [9.17, 15) is 33.2 Å². The number of hydrogen-bond donors (Lipinski definition) is 2. The molecule has 2 aromatic rings. The first-order valence-corrected chi connectivity index (χ1v) is 11.4. The molecular formula is C21H24N4O7S. The van der Waals surface area contributed by atoms with E-state index in [0.29, 0.717) is 0 Å². The summed E-state index contributed by atoms with van der Waals surface area (Å²) in [6, 6.07) is 10.4. The maximum Gasteiger partial charge on any atom is 0.325 e. The number of sulfonamides is 1. The van der Waals surface area contributed by atoms with Gasteiger partial charge >= 0.3 is 6.03 Å². The number of rotatable bonds is 8. The Kier molecular flexibility index (Phi) is 6.43. The number of carbonyl (C=O) groups excluding carboxylic acids is 2. The molecule has 0 spiro atoms. The average Bonchev–Trinajstić information content (AvgIpc) is 2.93. The predicted octanol–water partition coefficient (Wildman–Crippen LogP) is 1.79. The van der Waals surface area contributed by atoms with Crippen molar-refractivity contribution in [2.24, 2.45) is 0 Å². The minimum atomic E-state index is -4.34. The molecule has 1 aliphatic heterocycles. The van der Waals surface area contributed by atoms with E-state index in [-0.39, 0.29) is 10.6 Å². The second-order valence-corrected chi connectivity index (χ2v) is 10.1. The monoisotopic (exact) mass is 476 g/mol. The van der Waals surface area contributed by atoms with Crippen LogP contribution < -0.4 is 9.62 Å². The smallest absolute Gasteiger partial charge is 0.325 e. The van der Waals surface area contributed by atoms with Gasteiger partial charge in [0.05, 0.1) is 29.0 Å². The Bertz CT molecular complexity index is 1200. The first-order chi connectivity index (χ1) is 15.3. The number of β-amino-alcohol motifs (C(OH)–C–C–N with tert-alkyl or cyclic N) is 1. The maximum absolute atomic E-state index is 13.5. The number of aryl methyl sites for hydroxylation is 1. The number of anilines is 1. The molecule has 1 saturated heterocycles. The van der Waals surface area contributed by atoms with E-state index in [1.54, 1.807) is 19.1 Å². The van der Waals surface area contributed by atoms with Gasteiger partial charge in [0, 0.05) is 6.07 Å². The molecule has 0 aromatic heterocycles. The summed E-state index contributed by atoms with van der Waals surface area (Å²) in [7, 11) is -4.34. The molecule has 0 unspecified atom stereocenters. The van der Waals surface area contributed by atoms with E-state index in [4.69, 9.17) is 0 Å². The summed E-state index contributed by atoms with van der Waals surface area (Å²) >= 11 is 0. The summed E-state index contributed by atoms with van der Waals surface area (Å²) in [6.45, 7) is 3.66. The lowest BCUT2D eigenvalue weighted by molar-refractivity contribution is -0.384. The molecule has 3 amide bonds. The van der Waals surface area contributed by atoms with Crippen molar-refractivity contribution in [1.29, 1.82) is 0 Å². The number of urea groups is 1. The fourth-order valence-electron chi connectivity index (χ4n) is 3.44. The SMILES string of the molecule is Cc1ccc(S(=O)(=O)N(C[C@H](O)CN2C(=O)NC(C)(C)C2=O)c2ccccc2[N+](=O)[O-])cc1. The highest BCUT2D eigenvalue weighted by atomic mass is 32.2. The summed E-state index contributed by atoms with van der Waals surface area (Å²) in [5.41, 5.74) is -1.08. The number of benzene rings is 2. The number of imide groups is 1. The number of hydrogen-bond acceptors (Lipinski definition) is 7. The van der Waals surface area contributed by atoms with Gasteiger partial charge in [-0.2, -0.15) is 0 Å². The second kappa shape index (κ2) is 8.79. The number of aliphatic hydroxyl groups excluding tert-OH is 1. The normalized spacial score (nSPS) is 16.4. The summed E-state index contributed by atoms with van der Waals surface area (Å²) in [6.07, 6.45) is -1.52. The lowest BCUT2D eigenvalue weighted by Gasteiger charge is -2.28. The zero-order chi connectivity index (χ0) is 24.6. The summed E-state index contributed by atoms with van der Waals surface area (Å²) in [4.78, 5) is 36.1. The van der Waals surface area contributed by atoms with E-state index in [1.807, 2.05) is 0 Å². The van der Waals surface area contributed by atoms with Gasteiger partial charge < -0.3 is 10.4 Å². The van der Waals surface area contributed by atoms with E-state index in [0.717, 1.165) is 20.8 Å². The van der Waals surface area contributed by atoms with E-state index in [1.165, 1.54) is 44.2 Å². The topological polar surface area (TPSA) is 150 Å². The quantitative estimate of drug-likeness (QED) is 0.335. The van der Waals surface area contributed by atoms with Gasteiger partial charge in [0.25, 0.3) is 21.6 Å². The molecule has 1 aliphatic rings. The molecule has 0 aliphatic carbocycles. The van der Waals surface area contributed by atoms with Crippen LogP contribution in [0.4, 0.5) is 16.2 Å². The van der Waals surface area contributed by atoms with Gasteiger partial charge in [0.2, 0.25) is 0 Å². The van der Waals surface area contributed by atoms with Crippen LogP contribution in [-0.2, 0) is 14.8 Å². The van der Waals surface area contributed by atoms with Crippen LogP contribution >= 0.6 is 0 Å². The predicted molar refractivity (Wildman–Crippen MR) is 119 cm³/mol.